The van der Waals surface area contributed by atoms with Crippen LogP contribution in [0.4, 0.5) is 0 Å². The summed E-state index contributed by atoms with van der Waals surface area (Å²) in [5, 5.41) is 14.6. The van der Waals surface area contributed by atoms with Gasteiger partial charge in [-0.25, -0.2) is 4.98 Å². The van der Waals surface area contributed by atoms with Gasteiger partial charge in [0.25, 0.3) is 5.91 Å². The SMILES string of the molecule is NCc1nc(C(=O)N[C@@H](CO)Cc2ccccc2)cs1. The number of hydrogen-bond donors (Lipinski definition) is 3. The second-order valence-corrected chi connectivity index (χ2v) is 5.32. The number of nitrogens with two attached hydrogens (primary N) is 1. The molecule has 0 saturated heterocycles. The molecule has 20 heavy (non-hydrogen) atoms. The monoisotopic (exact) mass is 291 g/mol. The molecule has 5 nitrogen and oxygen atoms in total. The van der Waals surface area contributed by atoms with Crippen LogP contribution in [-0.2, 0) is 13.0 Å². The van der Waals surface area contributed by atoms with Gasteiger partial charge in [0, 0.05) is 11.9 Å². The number of aromatic nitrogens is 1. The lowest BCUT2D eigenvalue weighted by atomic mass is 10.1. The summed E-state index contributed by atoms with van der Waals surface area (Å²) < 4.78 is 0. The topological polar surface area (TPSA) is 88.2 Å². The van der Waals surface area contributed by atoms with Crippen LogP contribution in [0.2, 0.25) is 0 Å². The van der Waals surface area contributed by atoms with E-state index in [2.05, 4.69) is 10.3 Å². The van der Waals surface area contributed by atoms with Gasteiger partial charge in [0.2, 0.25) is 0 Å². The van der Waals surface area contributed by atoms with E-state index in [4.69, 9.17) is 5.73 Å². The highest BCUT2D eigenvalue weighted by Crippen LogP contribution is 2.09. The predicted octanol–water partition coefficient (Wildman–Crippen LogP) is 0.935. The average molecular weight is 291 g/mol. The summed E-state index contributed by atoms with van der Waals surface area (Å²) in [5.74, 6) is -0.282. The van der Waals surface area contributed by atoms with Crippen molar-refractivity contribution >= 4 is 17.2 Å². The summed E-state index contributed by atoms with van der Waals surface area (Å²) in [7, 11) is 0. The molecule has 2 rings (SSSR count). The second kappa shape index (κ2) is 7.14. The highest BCUT2D eigenvalue weighted by molar-refractivity contribution is 7.09. The van der Waals surface area contributed by atoms with Crippen molar-refractivity contribution in [2.45, 2.75) is 19.0 Å². The number of benzene rings is 1. The van der Waals surface area contributed by atoms with E-state index in [1.54, 1.807) is 5.38 Å². The van der Waals surface area contributed by atoms with Crippen LogP contribution < -0.4 is 11.1 Å². The number of aliphatic hydroxyl groups excluding tert-OH is 1. The summed E-state index contributed by atoms with van der Waals surface area (Å²) in [6.45, 7) is 0.208. The zero-order valence-electron chi connectivity index (χ0n) is 11.0. The third-order valence-electron chi connectivity index (χ3n) is 2.84. The van der Waals surface area contributed by atoms with Crippen LogP contribution in [0.1, 0.15) is 21.1 Å². The van der Waals surface area contributed by atoms with Gasteiger partial charge in [0.05, 0.1) is 12.6 Å². The van der Waals surface area contributed by atoms with E-state index in [0.717, 1.165) is 10.6 Å². The van der Waals surface area contributed by atoms with Gasteiger partial charge in [-0.1, -0.05) is 30.3 Å². The van der Waals surface area contributed by atoms with E-state index < -0.39 is 0 Å². The molecule has 0 fully saturated rings. The van der Waals surface area contributed by atoms with E-state index in [0.29, 0.717) is 18.7 Å². The Kier molecular flexibility index (Phi) is 5.23. The van der Waals surface area contributed by atoms with Crippen LogP contribution in [0.15, 0.2) is 35.7 Å². The maximum absolute atomic E-state index is 12.0. The molecule has 1 heterocycles. The summed E-state index contributed by atoms with van der Waals surface area (Å²) in [6, 6.07) is 9.39. The van der Waals surface area contributed by atoms with Crippen molar-refractivity contribution in [2.75, 3.05) is 6.61 Å². The van der Waals surface area contributed by atoms with Gasteiger partial charge >= 0.3 is 0 Å². The van der Waals surface area contributed by atoms with Gasteiger partial charge in [-0.05, 0) is 12.0 Å². The number of hydrogen-bond acceptors (Lipinski definition) is 5. The minimum absolute atomic E-state index is 0.117. The number of aliphatic hydroxyl groups is 1. The molecule has 4 N–H and O–H groups in total. The Morgan fingerprint density at radius 2 is 2.15 bits per heavy atom. The molecule has 0 bridgehead atoms. The van der Waals surface area contributed by atoms with Crippen LogP contribution >= 0.6 is 11.3 Å². The van der Waals surface area contributed by atoms with Crippen molar-refractivity contribution in [2.24, 2.45) is 5.73 Å². The maximum atomic E-state index is 12.0. The number of nitrogens with zero attached hydrogens (tertiary/aromatic N) is 1. The quantitative estimate of drug-likeness (QED) is 0.739. The lowest BCUT2D eigenvalue weighted by Gasteiger charge is -2.15. The molecular weight excluding hydrogens is 274 g/mol. The number of amides is 1. The van der Waals surface area contributed by atoms with Crippen molar-refractivity contribution in [3.63, 3.8) is 0 Å². The van der Waals surface area contributed by atoms with E-state index >= 15 is 0 Å². The Bertz CT molecular complexity index is 557. The molecule has 1 aromatic heterocycles. The number of thiazole rings is 1. The normalized spacial score (nSPS) is 12.1. The standard InChI is InChI=1S/C14H17N3O2S/c15-7-13-17-12(9-20-13)14(19)16-11(8-18)6-10-4-2-1-3-5-10/h1-5,9,11,18H,6-8,15H2,(H,16,19)/t11-/m1/s1. The van der Waals surface area contributed by atoms with Gasteiger partial charge in [0.1, 0.15) is 10.7 Å². The molecule has 1 aromatic carbocycles. The lowest BCUT2D eigenvalue weighted by molar-refractivity contribution is 0.0912. The fraction of sp³-hybridized carbons (Fsp3) is 0.286. The highest BCUT2D eigenvalue weighted by Gasteiger charge is 2.15. The zero-order valence-corrected chi connectivity index (χ0v) is 11.8. The fourth-order valence-electron chi connectivity index (χ4n) is 1.83. The van der Waals surface area contributed by atoms with Gasteiger partial charge in [-0.15, -0.1) is 11.3 Å². The minimum Gasteiger partial charge on any atom is -0.394 e. The van der Waals surface area contributed by atoms with Gasteiger partial charge in [0.15, 0.2) is 0 Å². The van der Waals surface area contributed by atoms with Crippen LogP contribution in [0.25, 0.3) is 0 Å². The number of carbonyl (C=O) groups excluding carboxylic acids is 1. The average Bonchev–Trinajstić information content (AvgIpc) is 2.96. The number of nitrogens with one attached hydrogen (secondary N) is 1. The molecule has 0 aliphatic heterocycles. The molecule has 0 aliphatic carbocycles. The Morgan fingerprint density at radius 1 is 1.40 bits per heavy atom. The van der Waals surface area contributed by atoms with E-state index in [1.807, 2.05) is 30.3 Å². The summed E-state index contributed by atoms with van der Waals surface area (Å²) in [5.41, 5.74) is 6.88. The molecule has 2 aromatic rings. The first-order valence-electron chi connectivity index (χ1n) is 6.33. The van der Waals surface area contributed by atoms with E-state index in [1.165, 1.54) is 11.3 Å². The Balaban J connectivity index is 1.97. The second-order valence-electron chi connectivity index (χ2n) is 4.37. The maximum Gasteiger partial charge on any atom is 0.271 e. The molecule has 1 atom stereocenters. The summed E-state index contributed by atoms with van der Waals surface area (Å²) in [4.78, 5) is 16.1. The lowest BCUT2D eigenvalue weighted by Crippen LogP contribution is -2.39. The first kappa shape index (κ1) is 14.6. The number of rotatable bonds is 6. The molecule has 106 valence electrons. The van der Waals surface area contributed by atoms with Crippen molar-refractivity contribution in [3.05, 3.63) is 52.0 Å². The molecule has 0 aliphatic rings. The molecule has 0 radical (unpaired) electrons. The fourth-order valence-corrected chi connectivity index (χ4v) is 2.48. The van der Waals surface area contributed by atoms with Crippen LogP contribution in [0.3, 0.4) is 0 Å². The molecule has 0 saturated carbocycles. The highest BCUT2D eigenvalue weighted by atomic mass is 32.1. The van der Waals surface area contributed by atoms with E-state index in [9.17, 15) is 9.90 Å². The van der Waals surface area contributed by atoms with Crippen molar-refractivity contribution in [1.82, 2.24) is 10.3 Å². The third kappa shape index (κ3) is 3.86. The number of carbonyl (C=O) groups is 1. The summed E-state index contributed by atoms with van der Waals surface area (Å²) >= 11 is 1.36. The molecule has 0 unspecified atom stereocenters. The largest absolute Gasteiger partial charge is 0.394 e. The van der Waals surface area contributed by atoms with E-state index in [-0.39, 0.29) is 18.6 Å². The molecule has 6 heteroatoms. The molecule has 1 amide bonds. The third-order valence-corrected chi connectivity index (χ3v) is 3.71. The van der Waals surface area contributed by atoms with Crippen LogP contribution in [0, 0.1) is 0 Å². The summed E-state index contributed by atoms with van der Waals surface area (Å²) in [6.07, 6.45) is 0.580. The van der Waals surface area contributed by atoms with Crippen molar-refractivity contribution < 1.29 is 9.90 Å². The van der Waals surface area contributed by atoms with Crippen LogP contribution in [-0.4, -0.2) is 28.6 Å². The van der Waals surface area contributed by atoms with Gasteiger partial charge < -0.3 is 16.2 Å². The van der Waals surface area contributed by atoms with Crippen LogP contribution in [0.5, 0.6) is 0 Å². The van der Waals surface area contributed by atoms with Crippen molar-refractivity contribution in [1.29, 1.82) is 0 Å². The Hall–Kier alpha value is -1.76. The smallest absolute Gasteiger partial charge is 0.271 e. The first-order chi connectivity index (χ1) is 9.72. The molecule has 0 spiro atoms. The van der Waals surface area contributed by atoms with Gasteiger partial charge in [-0.3, -0.25) is 4.79 Å². The minimum atomic E-state index is -0.326. The first-order valence-corrected chi connectivity index (χ1v) is 7.21. The molecular formula is C14H17N3O2S. The Labute approximate surface area is 121 Å². The predicted molar refractivity (Wildman–Crippen MR) is 78.5 cm³/mol. The van der Waals surface area contributed by atoms with Gasteiger partial charge in [-0.2, -0.15) is 0 Å². The zero-order chi connectivity index (χ0) is 14.4. The van der Waals surface area contributed by atoms with Crippen molar-refractivity contribution in [3.8, 4) is 0 Å². The Morgan fingerprint density at radius 3 is 2.75 bits per heavy atom.